The average molecular weight is 408 g/mol. The second-order valence-corrected chi connectivity index (χ2v) is 9.36. The van der Waals surface area contributed by atoms with Gasteiger partial charge in [0.05, 0.1) is 6.54 Å². The van der Waals surface area contributed by atoms with Crippen LogP contribution in [-0.4, -0.2) is 48.8 Å². The molecule has 0 spiro atoms. The maximum absolute atomic E-state index is 11.5. The quantitative estimate of drug-likeness (QED) is 0.124. The van der Waals surface area contributed by atoms with Crippen molar-refractivity contribution in [2.75, 3.05) is 32.0 Å². The number of unbranched alkanes of at least 4 members (excludes halogenated alkanes) is 1. The molecule has 0 bridgehead atoms. The first-order valence-electron chi connectivity index (χ1n) is 8.73. The van der Waals surface area contributed by atoms with E-state index in [0.717, 1.165) is 25.1 Å². The van der Waals surface area contributed by atoms with Crippen LogP contribution in [0.3, 0.4) is 0 Å². The summed E-state index contributed by atoms with van der Waals surface area (Å²) in [6.45, 7) is 11.0. The van der Waals surface area contributed by atoms with Gasteiger partial charge in [-0.3, -0.25) is 0 Å². The molecule has 1 unspecified atom stereocenters. The zero-order valence-electron chi connectivity index (χ0n) is 15.8. The number of amides is 2. The van der Waals surface area contributed by atoms with Crippen molar-refractivity contribution in [3.63, 3.8) is 0 Å². The van der Waals surface area contributed by atoms with Gasteiger partial charge in [0.1, 0.15) is 0 Å². The van der Waals surface area contributed by atoms with E-state index >= 15 is 0 Å². The summed E-state index contributed by atoms with van der Waals surface area (Å²) in [7, 11) is 3.40. The van der Waals surface area contributed by atoms with Gasteiger partial charge in [-0.25, -0.2) is 4.79 Å². The predicted molar refractivity (Wildman–Crippen MR) is 115 cm³/mol. The van der Waals surface area contributed by atoms with Crippen molar-refractivity contribution in [1.29, 1.82) is 0 Å². The molecule has 2 amide bonds. The van der Waals surface area contributed by atoms with Crippen LogP contribution in [0, 0.1) is 17.8 Å². The summed E-state index contributed by atoms with van der Waals surface area (Å²) < 4.78 is 5.51. The SMILES string of the molecule is CC(C)C#CCNC(=O)NCCCCOC(S)SSCCNC(C)C. The summed E-state index contributed by atoms with van der Waals surface area (Å²) in [6, 6.07) is 0.352. The molecule has 0 radical (unpaired) electrons. The highest BCUT2D eigenvalue weighted by molar-refractivity contribution is 8.78. The second kappa shape index (κ2) is 17.2. The molecule has 3 N–H and O–H groups in total. The van der Waals surface area contributed by atoms with Crippen LogP contribution in [0.2, 0.25) is 0 Å². The summed E-state index contributed by atoms with van der Waals surface area (Å²) in [6.07, 6.45) is 1.77. The molecule has 0 heterocycles. The summed E-state index contributed by atoms with van der Waals surface area (Å²) in [5.74, 6) is 7.27. The van der Waals surface area contributed by atoms with Crippen molar-refractivity contribution >= 4 is 40.2 Å². The Balaban J connectivity index is 3.39. The summed E-state index contributed by atoms with van der Waals surface area (Å²) in [5.41, 5.74) is 0. The maximum atomic E-state index is 11.5. The smallest absolute Gasteiger partial charge is 0.315 e. The number of thiol groups is 1. The van der Waals surface area contributed by atoms with E-state index in [1.165, 1.54) is 0 Å². The summed E-state index contributed by atoms with van der Waals surface area (Å²) in [5, 5.41) is 8.89. The van der Waals surface area contributed by atoms with E-state index in [2.05, 4.69) is 54.3 Å². The fourth-order valence-corrected chi connectivity index (χ4v) is 3.85. The van der Waals surface area contributed by atoms with E-state index in [9.17, 15) is 4.79 Å². The molecule has 0 saturated carbocycles. The molecule has 0 aliphatic carbocycles. The van der Waals surface area contributed by atoms with Gasteiger partial charge in [0.25, 0.3) is 0 Å². The van der Waals surface area contributed by atoms with Gasteiger partial charge < -0.3 is 20.7 Å². The topological polar surface area (TPSA) is 62.4 Å². The number of rotatable bonds is 13. The number of hydrogen-bond acceptors (Lipinski definition) is 6. The van der Waals surface area contributed by atoms with Crippen LogP contribution in [0.1, 0.15) is 40.5 Å². The molecule has 25 heavy (non-hydrogen) atoms. The molecular weight excluding hydrogens is 374 g/mol. The molecule has 0 aliphatic heterocycles. The number of nitrogens with one attached hydrogen (secondary N) is 3. The van der Waals surface area contributed by atoms with Crippen LogP contribution in [-0.2, 0) is 4.74 Å². The van der Waals surface area contributed by atoms with Crippen LogP contribution in [0.4, 0.5) is 4.79 Å². The van der Waals surface area contributed by atoms with Gasteiger partial charge in [-0.05, 0) is 12.8 Å². The molecule has 1 atom stereocenters. The van der Waals surface area contributed by atoms with Crippen LogP contribution < -0.4 is 16.0 Å². The third kappa shape index (κ3) is 20.0. The highest BCUT2D eigenvalue weighted by atomic mass is 33.1. The monoisotopic (exact) mass is 407 g/mol. The van der Waals surface area contributed by atoms with Crippen LogP contribution in [0.25, 0.3) is 0 Å². The zero-order chi connectivity index (χ0) is 18.9. The van der Waals surface area contributed by atoms with Crippen molar-refractivity contribution in [3.8, 4) is 11.8 Å². The minimum atomic E-state index is -0.173. The van der Waals surface area contributed by atoms with Crippen molar-refractivity contribution in [3.05, 3.63) is 0 Å². The molecular formula is C17H33N3O2S3. The first kappa shape index (κ1) is 24.8. The Morgan fingerprint density at radius 1 is 1.16 bits per heavy atom. The number of urea groups is 1. The molecule has 0 aromatic carbocycles. The average Bonchev–Trinajstić information content (AvgIpc) is 2.54. The number of carbonyl (C=O) groups excluding carboxylic acids is 1. The zero-order valence-corrected chi connectivity index (χ0v) is 18.3. The largest absolute Gasteiger partial charge is 0.357 e. The van der Waals surface area contributed by atoms with Crippen molar-refractivity contribution < 1.29 is 9.53 Å². The predicted octanol–water partition coefficient (Wildman–Crippen LogP) is 3.33. The second-order valence-electron chi connectivity index (χ2n) is 6.00. The fraction of sp³-hybridized carbons (Fsp3) is 0.824. The van der Waals surface area contributed by atoms with E-state index in [0.29, 0.717) is 31.7 Å². The first-order valence-corrected chi connectivity index (χ1v) is 11.6. The van der Waals surface area contributed by atoms with Gasteiger partial charge in [0, 0.05) is 37.4 Å². The maximum Gasteiger partial charge on any atom is 0.315 e. The number of carbonyl (C=O) groups is 1. The van der Waals surface area contributed by atoms with Crippen molar-refractivity contribution in [2.24, 2.45) is 5.92 Å². The minimum absolute atomic E-state index is 0.111. The molecule has 0 aliphatic rings. The molecule has 5 nitrogen and oxygen atoms in total. The van der Waals surface area contributed by atoms with Crippen LogP contribution in [0.15, 0.2) is 0 Å². The normalized spacial score (nSPS) is 12.0. The lowest BCUT2D eigenvalue weighted by Gasteiger charge is -2.12. The molecule has 0 fully saturated rings. The first-order chi connectivity index (χ1) is 11.9. The molecule has 0 saturated heterocycles. The highest BCUT2D eigenvalue weighted by Crippen LogP contribution is 2.29. The molecule has 0 aromatic rings. The molecule has 0 rings (SSSR count). The van der Waals surface area contributed by atoms with Crippen LogP contribution in [0.5, 0.6) is 0 Å². The fourth-order valence-electron chi connectivity index (χ4n) is 1.58. The highest BCUT2D eigenvalue weighted by Gasteiger charge is 2.04. The van der Waals surface area contributed by atoms with E-state index in [4.69, 9.17) is 4.74 Å². The Labute approximate surface area is 166 Å². The van der Waals surface area contributed by atoms with E-state index in [1.807, 2.05) is 13.8 Å². The van der Waals surface area contributed by atoms with Gasteiger partial charge in [0.15, 0.2) is 4.77 Å². The number of hydrogen-bond donors (Lipinski definition) is 4. The van der Waals surface area contributed by atoms with Crippen molar-refractivity contribution in [2.45, 2.75) is 51.3 Å². The third-order valence-corrected chi connectivity index (χ3v) is 5.87. The Bertz CT molecular complexity index is 398. The minimum Gasteiger partial charge on any atom is -0.357 e. The van der Waals surface area contributed by atoms with Gasteiger partial charge in [0.2, 0.25) is 0 Å². The lowest BCUT2D eigenvalue weighted by molar-refractivity contribution is 0.160. The Kier molecular flexibility index (Phi) is 17.1. The Morgan fingerprint density at radius 2 is 1.92 bits per heavy atom. The summed E-state index contributed by atoms with van der Waals surface area (Å²) >= 11 is 4.40. The van der Waals surface area contributed by atoms with Gasteiger partial charge in [-0.15, -0.1) is 12.6 Å². The molecule has 146 valence electrons. The molecule has 0 aromatic heterocycles. The summed E-state index contributed by atoms with van der Waals surface area (Å²) in [4.78, 5) is 11.5. The van der Waals surface area contributed by atoms with E-state index < -0.39 is 0 Å². The standard InChI is InChI=1S/C17H33N3O2S3/c1-14(2)8-7-10-20-16(21)19-9-5-6-12-22-17(23)25-24-13-11-18-15(3)4/h14-15,17-18,23H,5-6,9-13H2,1-4H3,(H2,19,20,21). The van der Waals surface area contributed by atoms with Gasteiger partial charge in [-0.2, -0.15) is 0 Å². The Hall–Kier alpha value is -0.200. The Morgan fingerprint density at radius 3 is 2.60 bits per heavy atom. The van der Waals surface area contributed by atoms with Gasteiger partial charge in [-0.1, -0.05) is 61.1 Å². The lowest BCUT2D eigenvalue weighted by atomic mass is 10.2. The van der Waals surface area contributed by atoms with E-state index in [-0.39, 0.29) is 10.8 Å². The van der Waals surface area contributed by atoms with Gasteiger partial charge >= 0.3 is 6.03 Å². The molecule has 8 heteroatoms. The lowest BCUT2D eigenvalue weighted by Crippen LogP contribution is -2.36. The number of ether oxygens (including phenoxy) is 1. The van der Waals surface area contributed by atoms with Crippen LogP contribution >= 0.6 is 34.2 Å². The van der Waals surface area contributed by atoms with E-state index in [1.54, 1.807) is 21.6 Å². The van der Waals surface area contributed by atoms with Crippen molar-refractivity contribution in [1.82, 2.24) is 16.0 Å². The third-order valence-electron chi connectivity index (χ3n) is 2.73.